The molecule has 2 rings (SSSR count). The third-order valence-corrected chi connectivity index (χ3v) is 4.96. The van der Waals surface area contributed by atoms with Crippen molar-refractivity contribution in [2.45, 2.75) is 13.8 Å². The van der Waals surface area contributed by atoms with Crippen LogP contribution in [0.2, 0.25) is 5.02 Å². The molecule has 1 heterocycles. The van der Waals surface area contributed by atoms with Gasteiger partial charge in [0, 0.05) is 13.1 Å². The van der Waals surface area contributed by atoms with E-state index in [2.05, 4.69) is 0 Å². The van der Waals surface area contributed by atoms with Crippen LogP contribution in [0.15, 0.2) is 23.1 Å². The molecule has 1 fully saturated rings. The highest BCUT2D eigenvalue weighted by Crippen LogP contribution is 2.33. The predicted octanol–water partition coefficient (Wildman–Crippen LogP) is 3.25. The highest BCUT2D eigenvalue weighted by atomic mass is 35.5. The molecular formula is C17H19ClN2O4S. The van der Waals surface area contributed by atoms with Gasteiger partial charge in [-0.05, 0) is 49.4 Å². The van der Waals surface area contributed by atoms with Gasteiger partial charge in [0.1, 0.15) is 12.3 Å². The molecule has 3 amide bonds. The highest BCUT2D eigenvalue weighted by Gasteiger charge is 2.36. The normalized spacial score (nSPS) is 15.8. The van der Waals surface area contributed by atoms with Crippen molar-refractivity contribution in [3.05, 3.63) is 33.7 Å². The molecule has 134 valence electrons. The van der Waals surface area contributed by atoms with E-state index in [4.69, 9.17) is 16.3 Å². The zero-order valence-corrected chi connectivity index (χ0v) is 15.8. The Morgan fingerprint density at radius 2 is 2.00 bits per heavy atom. The summed E-state index contributed by atoms with van der Waals surface area (Å²) in [5.41, 5.74) is 0.673. The Bertz CT molecular complexity index is 731. The van der Waals surface area contributed by atoms with Crippen LogP contribution in [0.1, 0.15) is 19.4 Å². The van der Waals surface area contributed by atoms with Gasteiger partial charge < -0.3 is 9.64 Å². The number of methoxy groups -OCH3 is 1. The molecule has 0 N–H and O–H groups in total. The van der Waals surface area contributed by atoms with E-state index in [1.807, 2.05) is 13.8 Å². The first kappa shape index (κ1) is 19.3. The van der Waals surface area contributed by atoms with Gasteiger partial charge in [-0.25, -0.2) is 0 Å². The number of carbonyl (C=O) groups is 3. The number of imide groups is 1. The summed E-state index contributed by atoms with van der Waals surface area (Å²) in [4.78, 5) is 39.5. The average Bonchev–Trinajstić information content (AvgIpc) is 2.84. The van der Waals surface area contributed by atoms with Crippen LogP contribution in [0, 0.1) is 0 Å². The summed E-state index contributed by atoms with van der Waals surface area (Å²) in [6, 6.07) is 5.07. The topological polar surface area (TPSA) is 66.9 Å². The minimum Gasteiger partial charge on any atom is -0.495 e. The number of ether oxygens (including phenoxy) is 1. The second kappa shape index (κ2) is 8.40. The first-order valence-corrected chi connectivity index (χ1v) is 8.97. The van der Waals surface area contributed by atoms with Gasteiger partial charge >= 0.3 is 0 Å². The molecule has 25 heavy (non-hydrogen) atoms. The van der Waals surface area contributed by atoms with E-state index < -0.39 is 11.1 Å². The quantitative estimate of drug-likeness (QED) is 0.706. The van der Waals surface area contributed by atoms with E-state index in [1.165, 1.54) is 7.11 Å². The summed E-state index contributed by atoms with van der Waals surface area (Å²) in [6.45, 7) is 4.52. The minimum atomic E-state index is -0.470. The van der Waals surface area contributed by atoms with Crippen LogP contribution < -0.4 is 4.74 Å². The second-order valence-electron chi connectivity index (χ2n) is 5.23. The molecule has 0 saturated carbocycles. The predicted molar refractivity (Wildman–Crippen MR) is 98.6 cm³/mol. The number of hydrogen-bond acceptors (Lipinski definition) is 5. The first-order valence-electron chi connectivity index (χ1n) is 7.77. The Labute approximate surface area is 155 Å². The van der Waals surface area contributed by atoms with Crippen molar-refractivity contribution in [1.29, 1.82) is 0 Å². The van der Waals surface area contributed by atoms with Gasteiger partial charge in [-0.3, -0.25) is 19.3 Å². The van der Waals surface area contributed by atoms with Gasteiger partial charge in [0.25, 0.3) is 11.1 Å². The van der Waals surface area contributed by atoms with Crippen molar-refractivity contribution in [3.63, 3.8) is 0 Å². The van der Waals surface area contributed by atoms with Crippen molar-refractivity contribution in [3.8, 4) is 5.75 Å². The highest BCUT2D eigenvalue weighted by molar-refractivity contribution is 8.18. The number of hydrogen-bond donors (Lipinski definition) is 0. The maximum absolute atomic E-state index is 12.5. The Balaban J connectivity index is 2.17. The maximum atomic E-state index is 12.5. The van der Waals surface area contributed by atoms with Gasteiger partial charge in [0.05, 0.1) is 17.0 Å². The lowest BCUT2D eigenvalue weighted by molar-refractivity contribution is -0.135. The molecule has 6 nitrogen and oxygen atoms in total. The summed E-state index contributed by atoms with van der Waals surface area (Å²) in [5.74, 6) is -0.194. The summed E-state index contributed by atoms with van der Waals surface area (Å²) < 4.78 is 5.08. The molecule has 0 aliphatic carbocycles. The number of carbonyl (C=O) groups excluding carboxylic acids is 3. The number of nitrogens with zero attached hydrogens (tertiary/aromatic N) is 2. The molecule has 1 aromatic rings. The Hall–Kier alpha value is -1.99. The average molecular weight is 383 g/mol. The van der Waals surface area contributed by atoms with E-state index in [1.54, 1.807) is 29.2 Å². The standard InChI is InChI=1S/C17H19ClN2O4S/c1-4-19(5-2)15(21)10-20-16(22)14(25-17(20)23)9-11-6-7-13(24-3)12(18)8-11/h6-9H,4-5,10H2,1-3H3/b14-9-. The molecule has 1 aliphatic heterocycles. The van der Waals surface area contributed by atoms with Crippen molar-refractivity contribution in [2.75, 3.05) is 26.7 Å². The first-order chi connectivity index (χ1) is 11.9. The fraction of sp³-hybridized carbons (Fsp3) is 0.353. The molecule has 0 bridgehead atoms. The van der Waals surface area contributed by atoms with E-state index in [9.17, 15) is 14.4 Å². The third-order valence-electron chi connectivity index (χ3n) is 3.76. The largest absolute Gasteiger partial charge is 0.495 e. The summed E-state index contributed by atoms with van der Waals surface area (Å²) in [7, 11) is 1.51. The van der Waals surface area contributed by atoms with Crippen molar-refractivity contribution < 1.29 is 19.1 Å². The number of rotatable bonds is 6. The van der Waals surface area contributed by atoms with Gasteiger partial charge in [0.15, 0.2) is 0 Å². The number of amides is 3. The van der Waals surface area contributed by atoms with E-state index >= 15 is 0 Å². The molecule has 8 heteroatoms. The number of halogens is 1. The Morgan fingerprint density at radius 1 is 1.32 bits per heavy atom. The van der Waals surface area contributed by atoms with Crippen molar-refractivity contribution in [2.24, 2.45) is 0 Å². The zero-order chi connectivity index (χ0) is 18.6. The van der Waals surface area contributed by atoms with Gasteiger partial charge in [0.2, 0.25) is 5.91 Å². The minimum absolute atomic E-state index is 0.243. The fourth-order valence-electron chi connectivity index (χ4n) is 2.37. The fourth-order valence-corrected chi connectivity index (χ4v) is 3.48. The molecule has 0 aromatic heterocycles. The zero-order valence-electron chi connectivity index (χ0n) is 14.2. The lowest BCUT2D eigenvalue weighted by Crippen LogP contribution is -2.41. The van der Waals surface area contributed by atoms with Crippen LogP contribution in [0.3, 0.4) is 0 Å². The van der Waals surface area contributed by atoms with Crippen molar-refractivity contribution in [1.82, 2.24) is 9.80 Å². The number of thioether (sulfide) groups is 1. The molecule has 1 aromatic carbocycles. The smallest absolute Gasteiger partial charge is 0.294 e. The third kappa shape index (κ3) is 4.35. The van der Waals surface area contributed by atoms with E-state index in [0.717, 1.165) is 16.7 Å². The summed E-state index contributed by atoms with van der Waals surface area (Å²) in [5, 5.41) is -0.0384. The summed E-state index contributed by atoms with van der Waals surface area (Å²) in [6.07, 6.45) is 1.58. The van der Waals surface area contributed by atoms with Crippen molar-refractivity contribution >= 4 is 46.5 Å². The number of benzene rings is 1. The van der Waals surface area contributed by atoms with Crippen LogP contribution in [0.25, 0.3) is 6.08 Å². The Morgan fingerprint density at radius 3 is 2.56 bits per heavy atom. The molecule has 0 radical (unpaired) electrons. The SMILES string of the molecule is CCN(CC)C(=O)CN1C(=O)S/C(=C\c2ccc(OC)c(Cl)c2)C1=O. The van der Waals surface area contributed by atoms with Crippen LogP contribution in [0.4, 0.5) is 4.79 Å². The van der Waals surface area contributed by atoms with Crippen LogP contribution >= 0.6 is 23.4 Å². The maximum Gasteiger partial charge on any atom is 0.294 e. The van der Waals surface area contributed by atoms with Crippen LogP contribution in [-0.2, 0) is 9.59 Å². The van der Waals surface area contributed by atoms with Gasteiger partial charge in [-0.15, -0.1) is 0 Å². The van der Waals surface area contributed by atoms with Crippen LogP contribution in [-0.4, -0.2) is 53.6 Å². The molecule has 0 spiro atoms. The van der Waals surface area contributed by atoms with E-state index in [-0.39, 0.29) is 17.4 Å². The van der Waals surface area contributed by atoms with E-state index in [0.29, 0.717) is 29.4 Å². The monoisotopic (exact) mass is 382 g/mol. The second-order valence-corrected chi connectivity index (χ2v) is 6.63. The lowest BCUT2D eigenvalue weighted by Gasteiger charge is -2.21. The van der Waals surface area contributed by atoms with Gasteiger partial charge in [-0.2, -0.15) is 0 Å². The molecule has 1 saturated heterocycles. The molecule has 0 atom stereocenters. The molecule has 1 aliphatic rings. The summed E-state index contributed by atoms with van der Waals surface area (Å²) >= 11 is 6.89. The lowest BCUT2D eigenvalue weighted by atomic mass is 10.2. The Kier molecular flexibility index (Phi) is 6.50. The molecule has 0 unspecified atom stereocenters. The number of likely N-dealkylation sites (N-methyl/N-ethyl adjacent to an activating group) is 1. The molecular weight excluding hydrogens is 364 g/mol. The van der Waals surface area contributed by atoms with Gasteiger partial charge in [-0.1, -0.05) is 17.7 Å². The van der Waals surface area contributed by atoms with Crippen LogP contribution in [0.5, 0.6) is 5.75 Å².